The summed E-state index contributed by atoms with van der Waals surface area (Å²) in [6, 6.07) is 1.19. The Labute approximate surface area is 107 Å². The largest absolute Gasteiger partial charge is 0.328 e. The fourth-order valence-electron chi connectivity index (χ4n) is 1.65. The summed E-state index contributed by atoms with van der Waals surface area (Å²) in [5.41, 5.74) is 11.4. The molecule has 6 N–H and O–H groups in total. The molecule has 0 aliphatic heterocycles. The van der Waals surface area contributed by atoms with Gasteiger partial charge in [-0.25, -0.2) is 0 Å². The Kier molecular flexibility index (Phi) is 10.9. The van der Waals surface area contributed by atoms with Gasteiger partial charge in [0.05, 0.1) is 0 Å². The minimum absolute atomic E-state index is 0.301. The second-order valence-corrected chi connectivity index (χ2v) is 5.28. The molecule has 0 aliphatic rings. The quantitative estimate of drug-likeness (QED) is 0.406. The average Bonchev–Trinajstić information content (AvgIpc) is 2.22. The molecule has 0 aromatic rings. The molecule has 0 saturated carbocycles. The van der Waals surface area contributed by atoms with Crippen LogP contribution in [0, 0.1) is 0 Å². The van der Waals surface area contributed by atoms with E-state index in [4.69, 9.17) is 11.5 Å². The number of nitrogens with two attached hydrogens (primary N) is 2. The molecule has 0 amide bonds. The first kappa shape index (κ1) is 16.8. The van der Waals surface area contributed by atoms with Gasteiger partial charge in [-0.05, 0) is 66.1 Å². The van der Waals surface area contributed by atoms with Crippen LogP contribution in [0.1, 0.15) is 46.5 Å². The molecular formula is C13H32N4. The molecule has 104 valence electrons. The Morgan fingerprint density at radius 2 is 1.41 bits per heavy atom. The van der Waals surface area contributed by atoms with Crippen molar-refractivity contribution in [1.29, 1.82) is 0 Å². The summed E-state index contributed by atoms with van der Waals surface area (Å²) in [6.45, 7) is 9.48. The van der Waals surface area contributed by atoms with Crippen molar-refractivity contribution in [2.24, 2.45) is 11.5 Å². The van der Waals surface area contributed by atoms with Crippen LogP contribution in [0.25, 0.3) is 0 Å². The molecular weight excluding hydrogens is 212 g/mol. The van der Waals surface area contributed by atoms with Crippen LogP contribution >= 0.6 is 0 Å². The van der Waals surface area contributed by atoms with Crippen LogP contribution in [0.5, 0.6) is 0 Å². The van der Waals surface area contributed by atoms with Gasteiger partial charge in [0.2, 0.25) is 0 Å². The van der Waals surface area contributed by atoms with Crippen LogP contribution in [-0.4, -0.2) is 37.8 Å². The fourth-order valence-corrected chi connectivity index (χ4v) is 1.65. The zero-order valence-electron chi connectivity index (χ0n) is 11.8. The van der Waals surface area contributed by atoms with Gasteiger partial charge in [-0.2, -0.15) is 0 Å². The maximum Gasteiger partial charge on any atom is 0.00392 e. The lowest BCUT2D eigenvalue weighted by Gasteiger charge is -2.15. The summed E-state index contributed by atoms with van der Waals surface area (Å²) >= 11 is 0. The van der Waals surface area contributed by atoms with Crippen molar-refractivity contribution >= 4 is 0 Å². The molecule has 0 bridgehead atoms. The lowest BCUT2D eigenvalue weighted by atomic mass is 10.1. The van der Waals surface area contributed by atoms with Gasteiger partial charge >= 0.3 is 0 Å². The van der Waals surface area contributed by atoms with Crippen molar-refractivity contribution < 1.29 is 0 Å². The Morgan fingerprint density at radius 3 is 2.00 bits per heavy atom. The van der Waals surface area contributed by atoms with E-state index in [-0.39, 0.29) is 0 Å². The van der Waals surface area contributed by atoms with E-state index in [9.17, 15) is 0 Å². The molecule has 0 heterocycles. The van der Waals surface area contributed by atoms with Gasteiger partial charge in [0.1, 0.15) is 0 Å². The lowest BCUT2D eigenvalue weighted by Crippen LogP contribution is -2.31. The highest BCUT2D eigenvalue weighted by molar-refractivity contribution is 4.64. The summed E-state index contributed by atoms with van der Waals surface area (Å²) in [4.78, 5) is 0. The zero-order chi connectivity index (χ0) is 13.1. The minimum atomic E-state index is 0.301. The van der Waals surface area contributed by atoms with Gasteiger partial charge in [0.15, 0.2) is 0 Å². The smallest absolute Gasteiger partial charge is 0.00392 e. The molecule has 0 spiro atoms. The number of rotatable bonds is 11. The van der Waals surface area contributed by atoms with E-state index in [1.807, 2.05) is 6.92 Å². The SMILES string of the molecule is CC(N)CCNCCCC(C)NCCC(C)N. The van der Waals surface area contributed by atoms with Crippen LogP contribution in [0.4, 0.5) is 0 Å². The minimum Gasteiger partial charge on any atom is -0.328 e. The van der Waals surface area contributed by atoms with E-state index >= 15 is 0 Å². The van der Waals surface area contributed by atoms with Crippen molar-refractivity contribution in [2.45, 2.75) is 64.6 Å². The molecule has 17 heavy (non-hydrogen) atoms. The summed E-state index contributed by atoms with van der Waals surface area (Å²) in [7, 11) is 0. The fraction of sp³-hybridized carbons (Fsp3) is 1.00. The molecule has 0 aromatic carbocycles. The first-order valence-electron chi connectivity index (χ1n) is 6.97. The van der Waals surface area contributed by atoms with Gasteiger partial charge in [-0.1, -0.05) is 0 Å². The van der Waals surface area contributed by atoms with E-state index in [2.05, 4.69) is 24.5 Å². The molecule has 0 radical (unpaired) electrons. The topological polar surface area (TPSA) is 76.1 Å². The summed E-state index contributed by atoms with van der Waals surface area (Å²) < 4.78 is 0. The van der Waals surface area contributed by atoms with Crippen LogP contribution in [0.15, 0.2) is 0 Å². The summed E-state index contributed by atoms with van der Waals surface area (Å²) in [5.74, 6) is 0. The van der Waals surface area contributed by atoms with Crippen LogP contribution in [-0.2, 0) is 0 Å². The molecule has 0 rings (SSSR count). The van der Waals surface area contributed by atoms with E-state index in [0.717, 1.165) is 32.5 Å². The number of hydrogen-bond acceptors (Lipinski definition) is 4. The summed E-state index contributed by atoms with van der Waals surface area (Å²) in [5, 5.41) is 6.91. The van der Waals surface area contributed by atoms with Gasteiger partial charge < -0.3 is 22.1 Å². The normalized spacial score (nSPS) is 16.8. The van der Waals surface area contributed by atoms with Gasteiger partial charge in [-0.3, -0.25) is 0 Å². The van der Waals surface area contributed by atoms with Crippen molar-refractivity contribution in [2.75, 3.05) is 19.6 Å². The van der Waals surface area contributed by atoms with E-state index in [1.54, 1.807) is 0 Å². The maximum absolute atomic E-state index is 5.70. The Balaban J connectivity index is 3.19. The second kappa shape index (κ2) is 11.0. The highest BCUT2D eigenvalue weighted by atomic mass is 14.9. The zero-order valence-corrected chi connectivity index (χ0v) is 11.8. The molecule has 0 aliphatic carbocycles. The highest BCUT2D eigenvalue weighted by Crippen LogP contribution is 1.96. The Morgan fingerprint density at radius 1 is 0.824 bits per heavy atom. The maximum atomic E-state index is 5.70. The molecule has 4 heteroatoms. The third-order valence-electron chi connectivity index (χ3n) is 2.86. The third kappa shape index (κ3) is 13.8. The Hall–Kier alpha value is -0.160. The molecule has 0 saturated heterocycles. The van der Waals surface area contributed by atoms with Crippen LogP contribution in [0.2, 0.25) is 0 Å². The molecule has 3 unspecified atom stereocenters. The van der Waals surface area contributed by atoms with Crippen molar-refractivity contribution in [3.63, 3.8) is 0 Å². The molecule has 3 atom stereocenters. The van der Waals surface area contributed by atoms with Crippen molar-refractivity contribution in [1.82, 2.24) is 10.6 Å². The van der Waals surface area contributed by atoms with E-state index < -0.39 is 0 Å². The van der Waals surface area contributed by atoms with Crippen LogP contribution in [0.3, 0.4) is 0 Å². The molecule has 4 nitrogen and oxygen atoms in total. The number of nitrogens with one attached hydrogen (secondary N) is 2. The third-order valence-corrected chi connectivity index (χ3v) is 2.86. The van der Waals surface area contributed by atoms with Gasteiger partial charge in [-0.15, -0.1) is 0 Å². The molecule has 0 aromatic heterocycles. The predicted molar refractivity (Wildman–Crippen MR) is 76.1 cm³/mol. The Bertz CT molecular complexity index is 159. The lowest BCUT2D eigenvalue weighted by molar-refractivity contribution is 0.467. The first-order valence-corrected chi connectivity index (χ1v) is 6.97. The summed E-state index contributed by atoms with van der Waals surface area (Å²) in [6.07, 6.45) is 4.54. The number of hydrogen-bond donors (Lipinski definition) is 4. The van der Waals surface area contributed by atoms with Crippen LogP contribution < -0.4 is 22.1 Å². The average molecular weight is 244 g/mol. The standard InChI is InChI=1S/C13H32N4/c1-11(14)6-9-16-8-4-5-13(3)17-10-7-12(2)15/h11-13,16-17H,4-10,14-15H2,1-3H3. The second-order valence-electron chi connectivity index (χ2n) is 5.28. The van der Waals surface area contributed by atoms with E-state index in [1.165, 1.54) is 12.8 Å². The van der Waals surface area contributed by atoms with Gasteiger partial charge in [0, 0.05) is 18.1 Å². The monoisotopic (exact) mass is 244 g/mol. The van der Waals surface area contributed by atoms with Gasteiger partial charge in [0.25, 0.3) is 0 Å². The van der Waals surface area contributed by atoms with E-state index in [0.29, 0.717) is 18.1 Å². The van der Waals surface area contributed by atoms with Crippen molar-refractivity contribution in [3.05, 3.63) is 0 Å². The van der Waals surface area contributed by atoms with Crippen molar-refractivity contribution in [3.8, 4) is 0 Å². The highest BCUT2D eigenvalue weighted by Gasteiger charge is 2.01. The predicted octanol–water partition coefficient (Wildman–Crippen LogP) is 0.809. The molecule has 0 fully saturated rings. The first-order chi connectivity index (χ1) is 8.02.